The molecule has 1 aliphatic heterocycles. The fourth-order valence-electron chi connectivity index (χ4n) is 4.24. The van der Waals surface area contributed by atoms with Gasteiger partial charge in [0.25, 0.3) is 16.1 Å². The van der Waals surface area contributed by atoms with Gasteiger partial charge in [0.1, 0.15) is 0 Å². The molecular formula is C22H34N4O4S. The zero-order chi connectivity index (χ0) is 22.6. The molecule has 2 amide bonds. The van der Waals surface area contributed by atoms with Gasteiger partial charge in [-0.1, -0.05) is 25.3 Å². The second-order valence-corrected chi connectivity index (χ2v) is 10.6. The number of carbonyl (C=O) groups is 2. The maximum absolute atomic E-state index is 13.0. The predicted octanol–water partition coefficient (Wildman–Crippen LogP) is 1.69. The minimum absolute atomic E-state index is 0.0686. The zero-order valence-corrected chi connectivity index (χ0v) is 19.6. The van der Waals surface area contributed by atoms with Crippen LogP contribution < -0.4 is 5.32 Å². The normalized spacial score (nSPS) is 18.9. The third-order valence-electron chi connectivity index (χ3n) is 6.54. The number of rotatable bonds is 6. The molecule has 1 N–H and O–H groups in total. The highest BCUT2D eigenvalue weighted by atomic mass is 32.2. The van der Waals surface area contributed by atoms with Crippen LogP contribution in [0.4, 0.5) is 0 Å². The number of amides is 2. The number of piperazine rings is 1. The van der Waals surface area contributed by atoms with Crippen molar-refractivity contribution in [1.82, 2.24) is 18.8 Å². The predicted molar refractivity (Wildman–Crippen MR) is 120 cm³/mol. The van der Waals surface area contributed by atoms with Crippen LogP contribution in [-0.2, 0) is 15.0 Å². The largest absolute Gasteiger partial charge is 0.343 e. The van der Waals surface area contributed by atoms with Crippen LogP contribution in [0.25, 0.3) is 0 Å². The van der Waals surface area contributed by atoms with E-state index in [2.05, 4.69) is 5.32 Å². The molecule has 1 aromatic rings. The lowest BCUT2D eigenvalue weighted by atomic mass is 9.96. The summed E-state index contributed by atoms with van der Waals surface area (Å²) in [5.41, 5.74) is 2.65. The lowest BCUT2D eigenvalue weighted by molar-refractivity contribution is -0.131. The fraction of sp³-hybridized carbons (Fsp3) is 0.636. The summed E-state index contributed by atoms with van der Waals surface area (Å²) in [6.07, 6.45) is 5.13. The lowest BCUT2D eigenvalue weighted by Gasteiger charge is -2.38. The first kappa shape index (κ1) is 23.7. The maximum Gasteiger partial charge on any atom is 0.282 e. The molecule has 1 heterocycles. The van der Waals surface area contributed by atoms with Crippen LogP contribution in [0.1, 0.15) is 53.6 Å². The SMILES string of the molecule is Cc1ccc(C(=O)NCC(=O)N2CCN(S(=O)(=O)N(C)C3CCCCC3)CC2)cc1C. The number of benzene rings is 1. The van der Waals surface area contributed by atoms with Gasteiger partial charge in [0.2, 0.25) is 5.91 Å². The van der Waals surface area contributed by atoms with Crippen molar-refractivity contribution in [2.45, 2.75) is 52.0 Å². The first-order valence-electron chi connectivity index (χ1n) is 11.1. The minimum atomic E-state index is -3.52. The molecule has 2 aliphatic rings. The first-order chi connectivity index (χ1) is 14.7. The van der Waals surface area contributed by atoms with E-state index in [1.165, 1.54) is 15.0 Å². The molecule has 8 nitrogen and oxygen atoms in total. The van der Waals surface area contributed by atoms with E-state index in [-0.39, 0.29) is 37.5 Å². The standard InChI is InChI=1S/C22H34N4O4S/c1-17-9-10-19(15-18(17)2)22(28)23-16-21(27)25-11-13-26(14-12-25)31(29,30)24(3)20-7-5-4-6-8-20/h9-10,15,20H,4-8,11-14,16H2,1-3H3,(H,23,28). The second-order valence-electron chi connectivity index (χ2n) is 8.58. The second kappa shape index (κ2) is 10.1. The van der Waals surface area contributed by atoms with Crippen LogP contribution in [0.2, 0.25) is 0 Å². The lowest BCUT2D eigenvalue weighted by Crippen LogP contribution is -2.56. The Kier molecular flexibility index (Phi) is 7.72. The number of nitrogens with one attached hydrogen (secondary N) is 1. The monoisotopic (exact) mass is 450 g/mol. The fourth-order valence-corrected chi connectivity index (χ4v) is 5.81. The van der Waals surface area contributed by atoms with E-state index in [4.69, 9.17) is 0 Å². The Morgan fingerprint density at radius 3 is 2.29 bits per heavy atom. The Balaban J connectivity index is 1.48. The van der Waals surface area contributed by atoms with Crippen LogP contribution in [0.5, 0.6) is 0 Å². The summed E-state index contributed by atoms with van der Waals surface area (Å²) in [5.74, 6) is -0.485. The molecule has 2 fully saturated rings. The third kappa shape index (κ3) is 5.64. The van der Waals surface area contributed by atoms with Crippen molar-refractivity contribution in [3.05, 3.63) is 34.9 Å². The van der Waals surface area contributed by atoms with Crippen molar-refractivity contribution in [3.63, 3.8) is 0 Å². The van der Waals surface area contributed by atoms with E-state index in [0.717, 1.165) is 36.8 Å². The molecule has 0 radical (unpaired) electrons. The molecule has 1 saturated carbocycles. The number of nitrogens with zero attached hydrogens (tertiary/aromatic N) is 3. The molecule has 3 rings (SSSR count). The summed E-state index contributed by atoms with van der Waals surface area (Å²) >= 11 is 0. The van der Waals surface area contributed by atoms with Crippen molar-refractivity contribution >= 4 is 22.0 Å². The molecule has 0 atom stereocenters. The first-order valence-corrected chi connectivity index (χ1v) is 12.5. The maximum atomic E-state index is 13.0. The molecule has 0 aromatic heterocycles. The molecular weight excluding hydrogens is 416 g/mol. The number of aryl methyl sites for hydroxylation is 2. The molecule has 1 aromatic carbocycles. The van der Waals surface area contributed by atoms with E-state index in [9.17, 15) is 18.0 Å². The van der Waals surface area contributed by atoms with Crippen molar-refractivity contribution in [2.75, 3.05) is 39.8 Å². The van der Waals surface area contributed by atoms with E-state index in [0.29, 0.717) is 18.7 Å². The summed E-state index contributed by atoms with van der Waals surface area (Å²) in [7, 11) is -1.85. The smallest absolute Gasteiger partial charge is 0.282 e. The van der Waals surface area contributed by atoms with Gasteiger partial charge in [-0.15, -0.1) is 0 Å². The topological polar surface area (TPSA) is 90.0 Å². The number of hydrogen-bond acceptors (Lipinski definition) is 4. The van der Waals surface area contributed by atoms with Crippen LogP contribution in [0.15, 0.2) is 18.2 Å². The van der Waals surface area contributed by atoms with Gasteiger partial charge in [-0.2, -0.15) is 17.0 Å². The molecule has 9 heteroatoms. The third-order valence-corrected chi connectivity index (χ3v) is 8.58. The van der Waals surface area contributed by atoms with Crippen LogP contribution in [0.3, 0.4) is 0 Å². The Labute approximate surface area is 185 Å². The van der Waals surface area contributed by atoms with Gasteiger partial charge in [-0.25, -0.2) is 0 Å². The van der Waals surface area contributed by atoms with E-state index < -0.39 is 10.2 Å². The van der Waals surface area contributed by atoms with Crippen LogP contribution >= 0.6 is 0 Å². The molecule has 0 unspecified atom stereocenters. The van der Waals surface area contributed by atoms with Gasteiger partial charge in [-0.05, 0) is 49.9 Å². The van der Waals surface area contributed by atoms with Gasteiger partial charge in [-0.3, -0.25) is 9.59 Å². The van der Waals surface area contributed by atoms with E-state index in [1.807, 2.05) is 26.0 Å². The Bertz CT molecular complexity index is 904. The highest BCUT2D eigenvalue weighted by molar-refractivity contribution is 7.86. The average Bonchev–Trinajstić information content (AvgIpc) is 2.79. The Hall–Kier alpha value is -1.97. The molecule has 172 valence electrons. The minimum Gasteiger partial charge on any atom is -0.343 e. The molecule has 0 spiro atoms. The summed E-state index contributed by atoms with van der Waals surface area (Å²) in [6, 6.07) is 5.51. The van der Waals surface area contributed by atoms with Gasteiger partial charge in [0.05, 0.1) is 6.54 Å². The van der Waals surface area contributed by atoms with Gasteiger partial charge >= 0.3 is 0 Å². The highest BCUT2D eigenvalue weighted by Gasteiger charge is 2.35. The van der Waals surface area contributed by atoms with E-state index in [1.54, 1.807) is 18.0 Å². The molecule has 1 aliphatic carbocycles. The van der Waals surface area contributed by atoms with Gasteiger partial charge in [0.15, 0.2) is 0 Å². The summed E-state index contributed by atoms with van der Waals surface area (Å²) in [4.78, 5) is 26.5. The zero-order valence-electron chi connectivity index (χ0n) is 18.8. The number of carbonyl (C=O) groups excluding carboxylic acids is 2. The van der Waals surface area contributed by atoms with Gasteiger partial charge in [0, 0.05) is 44.8 Å². The number of hydrogen-bond donors (Lipinski definition) is 1. The Morgan fingerprint density at radius 1 is 1.03 bits per heavy atom. The van der Waals surface area contributed by atoms with Crippen molar-refractivity contribution in [2.24, 2.45) is 0 Å². The van der Waals surface area contributed by atoms with E-state index >= 15 is 0 Å². The van der Waals surface area contributed by atoms with Gasteiger partial charge < -0.3 is 10.2 Å². The highest BCUT2D eigenvalue weighted by Crippen LogP contribution is 2.25. The van der Waals surface area contributed by atoms with Crippen LogP contribution in [0, 0.1) is 13.8 Å². The summed E-state index contributed by atoms with van der Waals surface area (Å²) < 4.78 is 28.9. The Morgan fingerprint density at radius 2 is 1.68 bits per heavy atom. The van der Waals surface area contributed by atoms with Crippen molar-refractivity contribution in [3.8, 4) is 0 Å². The van der Waals surface area contributed by atoms with Crippen molar-refractivity contribution < 1.29 is 18.0 Å². The molecule has 0 bridgehead atoms. The average molecular weight is 451 g/mol. The molecule has 31 heavy (non-hydrogen) atoms. The summed E-state index contributed by atoms with van der Waals surface area (Å²) in [6.45, 7) is 5.03. The van der Waals surface area contributed by atoms with Crippen molar-refractivity contribution in [1.29, 1.82) is 0 Å². The van der Waals surface area contributed by atoms with Crippen LogP contribution in [-0.4, -0.2) is 79.6 Å². The quantitative estimate of drug-likeness (QED) is 0.714. The summed E-state index contributed by atoms with van der Waals surface area (Å²) in [5, 5.41) is 2.68. The molecule has 1 saturated heterocycles.